The van der Waals surface area contributed by atoms with E-state index in [4.69, 9.17) is 31.7 Å². The summed E-state index contributed by atoms with van der Waals surface area (Å²) in [5.74, 6) is 0.823. The minimum Gasteiger partial charge on any atom is -0.395 e. The van der Waals surface area contributed by atoms with Gasteiger partial charge in [0.15, 0.2) is 5.65 Å². The topological polar surface area (TPSA) is 345 Å². The van der Waals surface area contributed by atoms with Crippen LogP contribution in [-0.4, -0.2) is 138 Å². The van der Waals surface area contributed by atoms with Gasteiger partial charge in [0.05, 0.1) is 82.2 Å². The molecule has 0 unspecified atom stereocenters. The van der Waals surface area contributed by atoms with Gasteiger partial charge in [-0.3, -0.25) is 51.9 Å². The number of nitrogens with one attached hydrogen (secondary N) is 1. The summed E-state index contributed by atoms with van der Waals surface area (Å²) in [5, 5.41) is 11.5. The molecule has 2 saturated heterocycles. The van der Waals surface area contributed by atoms with Crippen LogP contribution in [0.4, 0.5) is 23.0 Å². The van der Waals surface area contributed by atoms with Crippen molar-refractivity contribution in [2.45, 2.75) is 41.5 Å². The summed E-state index contributed by atoms with van der Waals surface area (Å²) in [4.78, 5) is 110. The second-order valence-electron chi connectivity index (χ2n) is 28.1. The number of aryl methyl sites for hydroxylation is 3. The predicted octanol–water partition coefficient (Wildman–Crippen LogP) is 13.6. The summed E-state index contributed by atoms with van der Waals surface area (Å²) in [5.41, 5.74) is 36.8. The van der Waals surface area contributed by atoms with Crippen molar-refractivity contribution in [3.05, 3.63) is 342 Å². The average molecular weight is 1560 g/mol. The van der Waals surface area contributed by atoms with E-state index in [-0.39, 0.29) is 40.4 Å². The fourth-order valence-corrected chi connectivity index (χ4v) is 14.2. The zero-order valence-electron chi connectivity index (χ0n) is 65.0. The van der Waals surface area contributed by atoms with Crippen molar-refractivity contribution in [2.75, 3.05) is 69.8 Å². The lowest BCUT2D eigenvalue weighted by atomic mass is 9.98. The zero-order valence-corrected chi connectivity index (χ0v) is 65.0. The minimum absolute atomic E-state index is 0.000693. The van der Waals surface area contributed by atoms with Crippen molar-refractivity contribution in [1.29, 1.82) is 0 Å². The Labute approximate surface area is 671 Å². The van der Waals surface area contributed by atoms with Crippen LogP contribution in [0.2, 0.25) is 0 Å². The molecule has 0 saturated carbocycles. The van der Waals surface area contributed by atoms with Gasteiger partial charge in [-0.05, 0) is 172 Å². The number of carbonyl (C=O) groups excluding carboxylic acids is 3. The van der Waals surface area contributed by atoms with E-state index in [1.165, 1.54) is 10.8 Å². The number of carbonyl (C=O) groups is 3. The standard InChI is InChI=1S/C34H30N6O3.C22H19N5O3.C22H21N5O.C12H13NO3/c1-22-6-12-26(13-7-22)39-16-17-40(34(39)42)29-5-3-4-27(23(29)2)28-14-15-35-32-30(28)36-31(37-32)24-8-10-25(11-9-24)33(41)38-18-20-43-21-19-38;1-14-6-8-16(9-7-14)25-12-13-26(22(25)28)19-5-3-4-17(15(19)2)18-10-11-24-21(23)20(18)27(29)30;1-14-6-8-16(9-7-14)26-12-13-27(22(26)28)19-5-3-4-17(15(19)2)18-10-11-25-21(24)20(18)23;14-9-10-1-3-11(4-2-10)12(15)13-5-7-16-8-6-13/h3-17H,18-21H2,1-2H3,(H,35,36,37);3-13H,1-2H3,(H2,23,24);3-13H,23H2,1-2H3,(H2,24,25);1-4,9H,5-8H2. The first kappa shape index (κ1) is 78.7. The molecule has 2 aliphatic rings. The first-order valence-corrected chi connectivity index (χ1v) is 37.7. The molecule has 0 atom stereocenters. The lowest BCUT2D eigenvalue weighted by Gasteiger charge is -2.26. The molecule has 15 aromatic rings. The number of anilines is 3. The Morgan fingerprint density at radius 1 is 0.436 bits per heavy atom. The highest BCUT2D eigenvalue weighted by atomic mass is 16.6. The number of aromatic nitrogens is 11. The van der Waals surface area contributed by atoms with Gasteiger partial charge in [0.25, 0.3) is 11.8 Å². The third-order valence-corrected chi connectivity index (χ3v) is 20.7. The number of imidazole rings is 4. The zero-order chi connectivity index (χ0) is 82.1. The van der Waals surface area contributed by atoms with Crippen LogP contribution < -0.4 is 34.3 Å². The van der Waals surface area contributed by atoms with Gasteiger partial charge in [0.1, 0.15) is 17.9 Å². The number of nitrogen functional groups attached to an aromatic ring is 3. The van der Waals surface area contributed by atoms with Crippen molar-refractivity contribution in [2.24, 2.45) is 0 Å². The molecule has 8 aromatic carbocycles. The SMILES string of the molecule is Cc1ccc(-n2ccn(-c3cccc(-c4ccnc(N)c4N)c3C)c2=O)cc1.Cc1ccc(-n2ccn(-c3cccc(-c4ccnc(N)c4[N+](=O)[O-])c3C)c2=O)cc1.Cc1ccc(-n2ccn(-c3cccc(-c4ccnc5nc(-c6ccc(C(=O)N7CCOCC7)cc6)[nH]c45)c3C)c2=O)cc1.O=Cc1ccc(C(=O)N2CCOCC2)cc1. The van der Waals surface area contributed by atoms with E-state index in [0.717, 1.165) is 101 Å². The molecule has 588 valence electrons. The van der Waals surface area contributed by atoms with Crippen LogP contribution in [0.1, 0.15) is 64.5 Å². The summed E-state index contributed by atoms with van der Waals surface area (Å²) >= 11 is 0. The Balaban J connectivity index is 0.000000135. The Morgan fingerprint density at radius 2 is 0.803 bits per heavy atom. The van der Waals surface area contributed by atoms with Crippen LogP contribution in [-0.2, 0) is 9.47 Å². The first-order chi connectivity index (χ1) is 56.6. The number of ether oxygens (including phenoxy) is 2. The summed E-state index contributed by atoms with van der Waals surface area (Å²) in [6.07, 6.45) is 16.1. The van der Waals surface area contributed by atoms with Gasteiger partial charge in [0, 0.05) is 115 Å². The molecule has 0 bridgehead atoms. The van der Waals surface area contributed by atoms with E-state index in [0.29, 0.717) is 109 Å². The molecule has 2 fully saturated rings. The van der Waals surface area contributed by atoms with Crippen molar-refractivity contribution in [3.8, 4) is 78.9 Å². The number of morpholine rings is 2. The number of aldehydes is 1. The van der Waals surface area contributed by atoms with Gasteiger partial charge >= 0.3 is 22.8 Å². The van der Waals surface area contributed by atoms with Gasteiger partial charge in [-0.2, -0.15) is 0 Å². The Morgan fingerprint density at radius 3 is 1.22 bits per heavy atom. The number of hydrogen-bond acceptors (Lipinski definition) is 17. The largest absolute Gasteiger partial charge is 0.395 e. The summed E-state index contributed by atoms with van der Waals surface area (Å²) in [6.45, 7) is 16.6. The number of nitro groups is 1. The number of hydrogen-bond donors (Lipinski definition) is 4. The number of pyridine rings is 3. The summed E-state index contributed by atoms with van der Waals surface area (Å²) in [6, 6.07) is 60.0. The molecule has 17 rings (SSSR count). The van der Waals surface area contributed by atoms with E-state index < -0.39 is 4.92 Å². The minimum atomic E-state index is -0.538. The van der Waals surface area contributed by atoms with E-state index in [1.54, 1.807) is 126 Å². The maximum absolute atomic E-state index is 13.5. The average Bonchev–Trinajstić information content (AvgIpc) is 1.72. The van der Waals surface area contributed by atoms with Crippen LogP contribution in [0.5, 0.6) is 0 Å². The molecule has 2 amide bonds. The highest BCUT2D eigenvalue weighted by molar-refractivity contribution is 5.97. The molecule has 9 heterocycles. The maximum atomic E-state index is 13.5. The van der Waals surface area contributed by atoms with Crippen molar-refractivity contribution in [1.82, 2.24) is 62.1 Å². The molecule has 27 heteroatoms. The smallest absolute Gasteiger partial charge is 0.337 e. The Kier molecular flexibility index (Phi) is 23.3. The van der Waals surface area contributed by atoms with Crippen LogP contribution in [0.15, 0.2) is 264 Å². The van der Waals surface area contributed by atoms with Crippen molar-refractivity contribution < 1.29 is 28.8 Å². The molecule has 117 heavy (non-hydrogen) atoms. The molecular weight excluding hydrogens is 1480 g/mol. The molecule has 2 aliphatic heterocycles. The number of benzene rings is 8. The number of aromatic amines is 1. The molecule has 27 nitrogen and oxygen atoms in total. The van der Waals surface area contributed by atoms with Gasteiger partial charge in [-0.1, -0.05) is 114 Å². The number of fused-ring (bicyclic) bond motifs is 1. The molecule has 0 radical (unpaired) electrons. The first-order valence-electron chi connectivity index (χ1n) is 37.7. The number of nitrogens with zero attached hydrogens (tertiary/aromatic N) is 13. The lowest BCUT2D eigenvalue weighted by Crippen LogP contribution is -2.40. The fourth-order valence-electron chi connectivity index (χ4n) is 14.2. The van der Waals surface area contributed by atoms with E-state index >= 15 is 0 Å². The van der Waals surface area contributed by atoms with Crippen molar-refractivity contribution >= 4 is 52.3 Å². The van der Waals surface area contributed by atoms with Crippen LogP contribution >= 0.6 is 0 Å². The normalized spacial score (nSPS) is 12.5. The fraction of sp³-hybridized carbons (Fsp3) is 0.156. The third kappa shape index (κ3) is 16.6. The van der Waals surface area contributed by atoms with E-state index in [2.05, 4.69) is 19.9 Å². The van der Waals surface area contributed by atoms with E-state index in [9.17, 15) is 38.9 Å². The lowest BCUT2D eigenvalue weighted by molar-refractivity contribution is -0.383. The van der Waals surface area contributed by atoms with Crippen molar-refractivity contribution in [3.63, 3.8) is 0 Å². The Hall–Kier alpha value is -15.0. The maximum Gasteiger partial charge on any atom is 0.337 e. The quantitative estimate of drug-likeness (QED) is 0.0446. The Bertz CT molecular complexity index is 6380. The number of nitrogens with two attached hydrogens (primary N) is 3. The third-order valence-electron chi connectivity index (χ3n) is 20.7. The van der Waals surface area contributed by atoms with Gasteiger partial charge in [0.2, 0.25) is 5.82 Å². The number of rotatable bonds is 14. The molecule has 0 spiro atoms. The highest BCUT2D eigenvalue weighted by Crippen LogP contribution is 2.38. The predicted molar refractivity (Wildman–Crippen MR) is 452 cm³/mol. The van der Waals surface area contributed by atoms with Crippen LogP contribution in [0.3, 0.4) is 0 Å². The van der Waals surface area contributed by atoms with Crippen LogP contribution in [0.25, 0.3) is 90.1 Å². The van der Waals surface area contributed by atoms with Gasteiger partial charge < -0.3 is 41.5 Å². The van der Waals surface area contributed by atoms with Gasteiger partial charge in [-0.25, -0.2) is 34.3 Å². The van der Waals surface area contributed by atoms with E-state index in [1.807, 2.05) is 192 Å². The summed E-state index contributed by atoms with van der Waals surface area (Å²) < 4.78 is 20.2. The second kappa shape index (κ2) is 34.6. The molecule has 0 aliphatic carbocycles. The second-order valence-corrected chi connectivity index (χ2v) is 28.1. The molecule has 7 N–H and O–H groups in total. The molecule has 7 aromatic heterocycles. The highest BCUT2D eigenvalue weighted by Gasteiger charge is 2.26. The number of amides is 2. The summed E-state index contributed by atoms with van der Waals surface area (Å²) in [7, 11) is 0. The monoisotopic (exact) mass is 1560 g/mol. The number of H-pyrrole nitrogens is 1. The van der Waals surface area contributed by atoms with Crippen LogP contribution in [0, 0.1) is 51.7 Å². The van der Waals surface area contributed by atoms with Gasteiger partial charge in [-0.15, -0.1) is 0 Å². The molecular formula is C90H83N17O10.